The van der Waals surface area contributed by atoms with E-state index in [9.17, 15) is 10.1 Å². The minimum Gasteiger partial charge on any atom is -0.398 e. The van der Waals surface area contributed by atoms with Crippen LogP contribution in [0.25, 0.3) is 0 Å². The Hall–Kier alpha value is -2.56. The summed E-state index contributed by atoms with van der Waals surface area (Å²) in [6.45, 7) is 2.64. The molecular formula is C16H19N3O2. The smallest absolute Gasteiger partial charge is 0.269 e. The van der Waals surface area contributed by atoms with Gasteiger partial charge in [-0.15, -0.1) is 0 Å². The van der Waals surface area contributed by atoms with Gasteiger partial charge in [-0.1, -0.05) is 19.1 Å². The third-order valence-corrected chi connectivity index (χ3v) is 3.53. The van der Waals surface area contributed by atoms with Gasteiger partial charge in [0.25, 0.3) is 5.69 Å². The van der Waals surface area contributed by atoms with E-state index < -0.39 is 4.92 Å². The molecule has 21 heavy (non-hydrogen) atoms. The second-order valence-electron chi connectivity index (χ2n) is 5.02. The van der Waals surface area contributed by atoms with Crippen molar-refractivity contribution in [2.24, 2.45) is 0 Å². The Bertz CT molecular complexity index is 638. The van der Waals surface area contributed by atoms with Crippen molar-refractivity contribution in [2.75, 3.05) is 17.7 Å². The fraction of sp³-hybridized carbons (Fsp3) is 0.250. The van der Waals surface area contributed by atoms with E-state index in [1.54, 1.807) is 6.07 Å². The number of nitro groups is 1. The van der Waals surface area contributed by atoms with Crippen LogP contribution in [0.5, 0.6) is 0 Å². The van der Waals surface area contributed by atoms with Gasteiger partial charge in [-0.25, -0.2) is 0 Å². The average molecular weight is 285 g/mol. The Morgan fingerprint density at radius 1 is 1.19 bits per heavy atom. The van der Waals surface area contributed by atoms with Crippen LogP contribution < -0.4 is 10.6 Å². The van der Waals surface area contributed by atoms with Crippen LogP contribution in [0.4, 0.5) is 17.1 Å². The predicted molar refractivity (Wildman–Crippen MR) is 85.4 cm³/mol. The van der Waals surface area contributed by atoms with Crippen LogP contribution in [-0.2, 0) is 13.0 Å². The standard InChI is InChI=1S/C16H19N3O2/c1-3-12-4-6-14(7-5-12)18(2)11-13-10-15(19(20)21)8-9-16(13)17/h4-10H,3,11,17H2,1-2H3. The number of nitrogens with two attached hydrogens (primary N) is 1. The summed E-state index contributed by atoms with van der Waals surface area (Å²) in [5.74, 6) is 0. The number of hydrogen-bond acceptors (Lipinski definition) is 4. The van der Waals surface area contributed by atoms with Crippen LogP contribution >= 0.6 is 0 Å². The fourth-order valence-corrected chi connectivity index (χ4v) is 2.18. The molecule has 0 spiro atoms. The highest BCUT2D eigenvalue weighted by atomic mass is 16.6. The van der Waals surface area contributed by atoms with E-state index in [4.69, 9.17) is 5.73 Å². The maximum Gasteiger partial charge on any atom is 0.269 e. The SMILES string of the molecule is CCc1ccc(N(C)Cc2cc([N+](=O)[O-])ccc2N)cc1. The molecule has 0 fully saturated rings. The van der Waals surface area contributed by atoms with Crippen molar-refractivity contribution in [1.82, 2.24) is 0 Å². The first kappa shape index (κ1) is 14.8. The predicted octanol–water partition coefficient (Wildman–Crippen LogP) is 3.38. The van der Waals surface area contributed by atoms with Gasteiger partial charge in [-0.3, -0.25) is 10.1 Å². The second-order valence-corrected chi connectivity index (χ2v) is 5.02. The van der Waals surface area contributed by atoms with E-state index in [0.717, 1.165) is 17.7 Å². The zero-order chi connectivity index (χ0) is 15.4. The van der Waals surface area contributed by atoms with Gasteiger partial charge in [0.05, 0.1) is 4.92 Å². The van der Waals surface area contributed by atoms with E-state index in [2.05, 4.69) is 19.1 Å². The highest BCUT2D eigenvalue weighted by Crippen LogP contribution is 2.23. The van der Waals surface area contributed by atoms with Crippen LogP contribution in [-0.4, -0.2) is 12.0 Å². The molecule has 110 valence electrons. The molecule has 0 amide bonds. The number of nitrogen functional groups attached to an aromatic ring is 1. The van der Waals surface area contributed by atoms with Gasteiger partial charge in [0, 0.05) is 42.7 Å². The average Bonchev–Trinajstić information content (AvgIpc) is 2.49. The lowest BCUT2D eigenvalue weighted by Gasteiger charge is -2.20. The van der Waals surface area contributed by atoms with Crippen LogP contribution in [0.2, 0.25) is 0 Å². The Morgan fingerprint density at radius 2 is 1.86 bits per heavy atom. The molecule has 0 saturated carbocycles. The molecule has 0 unspecified atom stereocenters. The number of benzene rings is 2. The van der Waals surface area contributed by atoms with Gasteiger partial charge in [0.2, 0.25) is 0 Å². The van der Waals surface area contributed by atoms with Crippen molar-refractivity contribution in [3.8, 4) is 0 Å². The number of nitro benzene ring substituents is 1. The van der Waals surface area contributed by atoms with Crippen molar-refractivity contribution in [3.05, 3.63) is 63.7 Å². The Balaban J connectivity index is 2.19. The van der Waals surface area contributed by atoms with E-state index in [0.29, 0.717) is 12.2 Å². The minimum absolute atomic E-state index is 0.0638. The molecule has 2 aromatic rings. The summed E-state index contributed by atoms with van der Waals surface area (Å²) in [5.41, 5.74) is 9.63. The first-order chi connectivity index (χ1) is 10.0. The van der Waals surface area contributed by atoms with Gasteiger partial charge in [-0.05, 0) is 30.2 Å². The Kier molecular flexibility index (Phi) is 4.42. The number of rotatable bonds is 5. The fourth-order valence-electron chi connectivity index (χ4n) is 2.18. The third kappa shape index (κ3) is 3.51. The molecule has 2 aromatic carbocycles. The van der Waals surface area contributed by atoms with Gasteiger partial charge in [0.15, 0.2) is 0 Å². The third-order valence-electron chi connectivity index (χ3n) is 3.53. The summed E-state index contributed by atoms with van der Waals surface area (Å²) in [6, 6.07) is 12.8. The lowest BCUT2D eigenvalue weighted by atomic mass is 10.1. The topological polar surface area (TPSA) is 72.4 Å². The normalized spacial score (nSPS) is 10.4. The molecule has 0 saturated heterocycles. The Labute approximate surface area is 124 Å². The summed E-state index contributed by atoms with van der Waals surface area (Å²) < 4.78 is 0. The molecule has 0 aliphatic heterocycles. The zero-order valence-corrected chi connectivity index (χ0v) is 12.2. The lowest BCUT2D eigenvalue weighted by Crippen LogP contribution is -2.17. The quantitative estimate of drug-likeness (QED) is 0.519. The molecule has 0 radical (unpaired) electrons. The van der Waals surface area contributed by atoms with Crippen LogP contribution in [0.15, 0.2) is 42.5 Å². The molecule has 0 atom stereocenters. The van der Waals surface area contributed by atoms with Gasteiger partial charge < -0.3 is 10.6 Å². The lowest BCUT2D eigenvalue weighted by molar-refractivity contribution is -0.384. The van der Waals surface area contributed by atoms with Crippen LogP contribution in [0.1, 0.15) is 18.1 Å². The van der Waals surface area contributed by atoms with Crippen LogP contribution in [0.3, 0.4) is 0 Å². The highest BCUT2D eigenvalue weighted by molar-refractivity contribution is 5.55. The highest BCUT2D eigenvalue weighted by Gasteiger charge is 2.11. The number of nitrogens with zero attached hydrogens (tertiary/aromatic N) is 2. The molecule has 5 heteroatoms. The molecule has 0 aromatic heterocycles. The van der Waals surface area contributed by atoms with Crippen LogP contribution in [0, 0.1) is 10.1 Å². The summed E-state index contributed by atoms with van der Waals surface area (Å²) in [5, 5.41) is 10.8. The number of aryl methyl sites for hydroxylation is 1. The number of hydrogen-bond donors (Lipinski definition) is 1. The maximum absolute atomic E-state index is 10.8. The molecule has 0 heterocycles. The van der Waals surface area contributed by atoms with E-state index >= 15 is 0 Å². The van der Waals surface area contributed by atoms with Crippen molar-refractivity contribution >= 4 is 17.1 Å². The molecule has 0 aliphatic rings. The summed E-state index contributed by atoms with van der Waals surface area (Å²) in [7, 11) is 1.94. The zero-order valence-electron chi connectivity index (χ0n) is 12.2. The minimum atomic E-state index is -0.404. The van der Waals surface area contributed by atoms with Gasteiger partial charge in [-0.2, -0.15) is 0 Å². The summed E-state index contributed by atoms with van der Waals surface area (Å²) in [6.07, 6.45) is 1.00. The monoisotopic (exact) mass is 285 g/mol. The maximum atomic E-state index is 10.8. The van der Waals surface area contributed by atoms with Crippen molar-refractivity contribution in [2.45, 2.75) is 19.9 Å². The molecule has 5 nitrogen and oxygen atoms in total. The Morgan fingerprint density at radius 3 is 2.43 bits per heavy atom. The van der Waals surface area contributed by atoms with E-state index in [1.807, 2.05) is 24.1 Å². The molecule has 0 aliphatic carbocycles. The molecule has 0 bridgehead atoms. The second kappa shape index (κ2) is 6.26. The summed E-state index contributed by atoms with van der Waals surface area (Å²) in [4.78, 5) is 12.5. The van der Waals surface area contributed by atoms with E-state index in [-0.39, 0.29) is 5.69 Å². The van der Waals surface area contributed by atoms with Crippen molar-refractivity contribution in [1.29, 1.82) is 0 Å². The van der Waals surface area contributed by atoms with Gasteiger partial charge in [0.1, 0.15) is 0 Å². The van der Waals surface area contributed by atoms with Crippen molar-refractivity contribution < 1.29 is 4.92 Å². The van der Waals surface area contributed by atoms with Crippen molar-refractivity contribution in [3.63, 3.8) is 0 Å². The molecular weight excluding hydrogens is 266 g/mol. The summed E-state index contributed by atoms with van der Waals surface area (Å²) >= 11 is 0. The first-order valence-electron chi connectivity index (χ1n) is 6.84. The molecule has 2 N–H and O–H groups in total. The van der Waals surface area contributed by atoms with Gasteiger partial charge >= 0.3 is 0 Å². The van der Waals surface area contributed by atoms with E-state index in [1.165, 1.54) is 17.7 Å². The number of anilines is 2. The molecule has 2 rings (SSSR count). The largest absolute Gasteiger partial charge is 0.398 e. The number of non-ortho nitro benzene ring substituents is 1. The first-order valence-corrected chi connectivity index (χ1v) is 6.84.